The molecule has 2 saturated heterocycles. The number of methoxy groups -OCH3 is 2. The van der Waals surface area contributed by atoms with Crippen LogP contribution in [0.2, 0.25) is 0 Å². The molecule has 6 N–H and O–H groups in total. The van der Waals surface area contributed by atoms with E-state index in [2.05, 4.69) is 20.0 Å². The molecule has 0 bridgehead atoms. The van der Waals surface area contributed by atoms with Crippen molar-refractivity contribution in [3.8, 4) is 5.75 Å². The quantitative estimate of drug-likeness (QED) is 0.434. The number of phenolic OH excluding ortho intramolecular Hbond substituents is 1. The van der Waals surface area contributed by atoms with E-state index in [1.54, 1.807) is 26.4 Å². The van der Waals surface area contributed by atoms with Crippen LogP contribution in [-0.2, 0) is 9.47 Å². The Morgan fingerprint density at radius 2 is 1.88 bits per heavy atom. The number of piperazine rings is 1. The van der Waals surface area contributed by atoms with Crippen LogP contribution in [0, 0.1) is 0 Å². The molecule has 182 valence electrons. The third-order valence-corrected chi connectivity index (χ3v) is 7.14. The Bertz CT molecular complexity index is 864. The van der Waals surface area contributed by atoms with Gasteiger partial charge in [-0.2, -0.15) is 0 Å². The SMILES string of the molecule is COC(CN1CCC(N2CCN3C(/C=C(\N)c4ccccc4O)=C(N)NCC3C2)CC1)OC. The van der Waals surface area contributed by atoms with E-state index in [-0.39, 0.29) is 12.0 Å². The van der Waals surface area contributed by atoms with Gasteiger partial charge in [0.2, 0.25) is 0 Å². The smallest absolute Gasteiger partial charge is 0.169 e. The Kier molecular flexibility index (Phi) is 7.64. The summed E-state index contributed by atoms with van der Waals surface area (Å²) in [6.45, 7) is 6.67. The normalized spacial score (nSPS) is 23.7. The number of para-hydroxylation sites is 1. The molecule has 9 heteroatoms. The highest BCUT2D eigenvalue weighted by Crippen LogP contribution is 2.28. The predicted molar refractivity (Wildman–Crippen MR) is 129 cm³/mol. The molecule has 0 amide bonds. The second-order valence-corrected chi connectivity index (χ2v) is 9.07. The maximum atomic E-state index is 10.2. The first-order valence-electron chi connectivity index (χ1n) is 11.8. The summed E-state index contributed by atoms with van der Waals surface area (Å²) in [5.41, 5.74) is 14.7. The number of piperidine rings is 1. The fraction of sp³-hybridized carbons (Fsp3) is 0.583. The molecule has 3 heterocycles. The van der Waals surface area contributed by atoms with E-state index < -0.39 is 0 Å². The summed E-state index contributed by atoms with van der Waals surface area (Å²) in [5.74, 6) is 0.807. The molecule has 0 aliphatic carbocycles. The highest BCUT2D eigenvalue weighted by Gasteiger charge is 2.35. The van der Waals surface area contributed by atoms with Crippen molar-refractivity contribution in [2.75, 3.05) is 60.0 Å². The number of rotatable bonds is 7. The molecule has 3 aliphatic rings. The molecule has 9 nitrogen and oxygen atoms in total. The zero-order chi connectivity index (χ0) is 23.4. The third-order valence-electron chi connectivity index (χ3n) is 7.14. The van der Waals surface area contributed by atoms with Gasteiger partial charge in [0.1, 0.15) is 11.6 Å². The molecular formula is C24H38N6O3. The van der Waals surface area contributed by atoms with Crippen LogP contribution in [-0.4, -0.2) is 98.2 Å². The lowest BCUT2D eigenvalue weighted by Gasteiger charge is -2.49. The summed E-state index contributed by atoms with van der Waals surface area (Å²) in [7, 11) is 3.39. The standard InChI is InChI=1S/C24H38N6O3/c1-32-23(33-2)16-28-9-7-17(8-10-28)29-11-12-30-18(15-29)14-27-24(26)21(30)13-20(25)19-5-3-4-6-22(19)31/h3-6,13,17-18,23,27,31H,7-12,14-16,25-26H2,1-2H3/b20-13-. The number of hydrogen-bond acceptors (Lipinski definition) is 9. The number of ether oxygens (including phenoxy) is 2. The summed E-state index contributed by atoms with van der Waals surface area (Å²) in [5, 5.41) is 13.5. The number of allylic oxidation sites excluding steroid dienone is 1. The monoisotopic (exact) mass is 458 g/mol. The highest BCUT2D eigenvalue weighted by atomic mass is 16.7. The van der Waals surface area contributed by atoms with E-state index in [4.69, 9.17) is 20.9 Å². The predicted octanol–water partition coefficient (Wildman–Crippen LogP) is 0.492. The minimum absolute atomic E-state index is 0.160. The van der Waals surface area contributed by atoms with Gasteiger partial charge in [-0.3, -0.25) is 9.80 Å². The van der Waals surface area contributed by atoms with Gasteiger partial charge in [0.15, 0.2) is 6.29 Å². The number of nitrogens with two attached hydrogens (primary N) is 2. The van der Waals surface area contributed by atoms with Crippen molar-refractivity contribution < 1.29 is 14.6 Å². The van der Waals surface area contributed by atoms with Crippen LogP contribution in [0.15, 0.2) is 41.9 Å². The molecule has 0 saturated carbocycles. The fourth-order valence-electron chi connectivity index (χ4n) is 5.20. The third kappa shape index (κ3) is 5.38. The first kappa shape index (κ1) is 23.7. The van der Waals surface area contributed by atoms with Crippen LogP contribution in [0.25, 0.3) is 5.70 Å². The van der Waals surface area contributed by atoms with Crippen LogP contribution in [0.1, 0.15) is 18.4 Å². The van der Waals surface area contributed by atoms with Crippen LogP contribution in [0.5, 0.6) is 5.75 Å². The van der Waals surface area contributed by atoms with Crippen molar-refractivity contribution in [1.82, 2.24) is 20.0 Å². The fourth-order valence-corrected chi connectivity index (χ4v) is 5.20. The Hall–Kier alpha value is -2.46. The van der Waals surface area contributed by atoms with Gasteiger partial charge in [-0.05, 0) is 44.1 Å². The molecular weight excluding hydrogens is 420 g/mol. The molecule has 1 atom stereocenters. The second-order valence-electron chi connectivity index (χ2n) is 9.07. The largest absolute Gasteiger partial charge is 0.507 e. The highest BCUT2D eigenvalue weighted by molar-refractivity contribution is 5.70. The summed E-state index contributed by atoms with van der Waals surface area (Å²) in [6.07, 6.45) is 4.04. The average Bonchev–Trinajstić information content (AvgIpc) is 2.84. The van der Waals surface area contributed by atoms with Crippen molar-refractivity contribution in [3.63, 3.8) is 0 Å². The lowest BCUT2D eigenvalue weighted by atomic mass is 9.99. The van der Waals surface area contributed by atoms with Crippen LogP contribution in [0.4, 0.5) is 0 Å². The number of hydrogen-bond donors (Lipinski definition) is 4. The van der Waals surface area contributed by atoms with Crippen molar-refractivity contribution in [1.29, 1.82) is 0 Å². The van der Waals surface area contributed by atoms with E-state index in [9.17, 15) is 5.11 Å². The molecule has 2 fully saturated rings. The molecule has 33 heavy (non-hydrogen) atoms. The van der Waals surface area contributed by atoms with Gasteiger partial charge in [0.05, 0.1) is 11.7 Å². The van der Waals surface area contributed by atoms with E-state index >= 15 is 0 Å². The van der Waals surface area contributed by atoms with E-state index in [1.165, 1.54) is 0 Å². The molecule has 1 unspecified atom stereocenters. The maximum Gasteiger partial charge on any atom is 0.169 e. The van der Waals surface area contributed by atoms with Gasteiger partial charge in [-0.15, -0.1) is 0 Å². The van der Waals surface area contributed by atoms with Crippen LogP contribution < -0.4 is 16.8 Å². The number of fused-ring (bicyclic) bond motifs is 1. The summed E-state index contributed by atoms with van der Waals surface area (Å²) in [4.78, 5) is 7.44. The molecule has 3 aliphatic heterocycles. The van der Waals surface area contributed by atoms with Gasteiger partial charge in [-0.25, -0.2) is 0 Å². The molecule has 1 aromatic rings. The Balaban J connectivity index is 1.37. The topological polar surface area (TPSA) is 112 Å². The zero-order valence-corrected chi connectivity index (χ0v) is 19.7. The number of nitrogens with zero attached hydrogens (tertiary/aromatic N) is 3. The molecule has 0 radical (unpaired) electrons. The first-order chi connectivity index (χ1) is 16.0. The Morgan fingerprint density at radius 1 is 1.15 bits per heavy atom. The van der Waals surface area contributed by atoms with Gasteiger partial charge in [-0.1, -0.05) is 12.1 Å². The number of aromatic hydroxyl groups is 1. The lowest BCUT2D eigenvalue weighted by molar-refractivity contribution is -0.119. The van der Waals surface area contributed by atoms with Gasteiger partial charge >= 0.3 is 0 Å². The minimum atomic E-state index is -0.160. The Labute approximate surface area is 196 Å². The zero-order valence-electron chi connectivity index (χ0n) is 19.7. The number of nitrogens with one attached hydrogen (secondary N) is 1. The lowest BCUT2D eigenvalue weighted by Crippen LogP contribution is -2.62. The molecule has 4 rings (SSSR count). The average molecular weight is 459 g/mol. The first-order valence-corrected chi connectivity index (χ1v) is 11.8. The van der Waals surface area contributed by atoms with Crippen LogP contribution >= 0.6 is 0 Å². The van der Waals surface area contributed by atoms with Gasteiger partial charge < -0.3 is 36.3 Å². The molecule has 1 aromatic carbocycles. The molecule has 0 spiro atoms. The van der Waals surface area contributed by atoms with Crippen molar-refractivity contribution in [3.05, 3.63) is 47.4 Å². The van der Waals surface area contributed by atoms with E-state index in [0.717, 1.165) is 64.4 Å². The summed E-state index contributed by atoms with van der Waals surface area (Å²) < 4.78 is 10.7. The molecule has 0 aromatic heterocycles. The van der Waals surface area contributed by atoms with Gasteiger partial charge in [0.25, 0.3) is 0 Å². The van der Waals surface area contributed by atoms with E-state index in [0.29, 0.717) is 29.2 Å². The van der Waals surface area contributed by atoms with Gasteiger partial charge in [0, 0.05) is 64.2 Å². The number of benzene rings is 1. The van der Waals surface area contributed by atoms with Crippen molar-refractivity contribution >= 4 is 5.70 Å². The maximum absolute atomic E-state index is 10.2. The summed E-state index contributed by atoms with van der Waals surface area (Å²) >= 11 is 0. The van der Waals surface area contributed by atoms with E-state index in [1.807, 2.05) is 18.2 Å². The number of phenols is 1. The minimum Gasteiger partial charge on any atom is -0.507 e. The van der Waals surface area contributed by atoms with Crippen molar-refractivity contribution in [2.45, 2.75) is 31.2 Å². The second kappa shape index (κ2) is 10.6. The summed E-state index contributed by atoms with van der Waals surface area (Å²) in [6, 6.07) is 8.04. The van der Waals surface area contributed by atoms with Crippen molar-refractivity contribution in [2.24, 2.45) is 11.5 Å². The van der Waals surface area contributed by atoms with Crippen LogP contribution in [0.3, 0.4) is 0 Å². The number of likely N-dealkylation sites (tertiary alicyclic amines) is 1. The Morgan fingerprint density at radius 3 is 2.58 bits per heavy atom.